The standard InChI is InChI=1S/C22H23ClN6O/c1-15-26-27-22-7-6-19-21(29(15)22)13-20(18(24)8-10-25-9-3-11-30)28(19)14-16-4-2-5-17(23)12-16/h2,4-8,10,12-13,30H,3,9,11,14,24H2,1H3. The minimum absolute atomic E-state index is 0.124. The van der Waals surface area contributed by atoms with Crippen LogP contribution in [0.5, 0.6) is 0 Å². The van der Waals surface area contributed by atoms with Gasteiger partial charge in [-0.05, 0) is 55.3 Å². The van der Waals surface area contributed by atoms with Crippen LogP contribution in [0.1, 0.15) is 23.5 Å². The van der Waals surface area contributed by atoms with Gasteiger partial charge in [-0.2, -0.15) is 0 Å². The maximum absolute atomic E-state index is 8.88. The van der Waals surface area contributed by atoms with Crippen molar-refractivity contribution in [2.45, 2.75) is 19.9 Å². The zero-order valence-corrected chi connectivity index (χ0v) is 17.4. The van der Waals surface area contributed by atoms with Gasteiger partial charge in [-0.15, -0.1) is 10.2 Å². The fraction of sp³-hybridized carbons (Fsp3) is 0.227. The number of aryl methyl sites for hydroxylation is 1. The van der Waals surface area contributed by atoms with Crippen molar-refractivity contribution in [3.63, 3.8) is 0 Å². The molecule has 3 N–H and O–H groups in total. The van der Waals surface area contributed by atoms with E-state index in [0.717, 1.165) is 33.8 Å². The van der Waals surface area contributed by atoms with Crippen molar-refractivity contribution in [3.8, 4) is 0 Å². The maximum Gasteiger partial charge on any atom is 0.161 e. The first-order chi connectivity index (χ1) is 14.6. The van der Waals surface area contributed by atoms with E-state index in [1.165, 1.54) is 0 Å². The number of allylic oxidation sites excluding steroid dienone is 1. The van der Waals surface area contributed by atoms with E-state index in [4.69, 9.17) is 22.4 Å². The van der Waals surface area contributed by atoms with E-state index in [1.807, 2.05) is 47.7 Å². The molecule has 0 atom stereocenters. The number of hydrogen-bond donors (Lipinski definition) is 2. The molecular weight excluding hydrogens is 400 g/mol. The number of fused-ring (bicyclic) bond motifs is 3. The summed E-state index contributed by atoms with van der Waals surface area (Å²) >= 11 is 6.20. The molecule has 0 unspecified atom stereocenters. The fourth-order valence-electron chi connectivity index (χ4n) is 3.52. The van der Waals surface area contributed by atoms with E-state index in [9.17, 15) is 0 Å². The van der Waals surface area contributed by atoms with E-state index in [-0.39, 0.29) is 6.61 Å². The summed E-state index contributed by atoms with van der Waals surface area (Å²) in [7, 11) is 0. The summed E-state index contributed by atoms with van der Waals surface area (Å²) in [5, 5.41) is 18.0. The van der Waals surface area contributed by atoms with E-state index in [0.29, 0.717) is 30.2 Å². The van der Waals surface area contributed by atoms with E-state index < -0.39 is 0 Å². The van der Waals surface area contributed by atoms with Gasteiger partial charge in [0, 0.05) is 30.9 Å². The van der Waals surface area contributed by atoms with Gasteiger partial charge in [0.2, 0.25) is 0 Å². The lowest BCUT2D eigenvalue weighted by Gasteiger charge is -2.11. The number of rotatable bonds is 7. The van der Waals surface area contributed by atoms with Gasteiger partial charge in [-0.1, -0.05) is 23.7 Å². The van der Waals surface area contributed by atoms with Gasteiger partial charge < -0.3 is 15.4 Å². The number of nitrogens with two attached hydrogens (primary N) is 1. The summed E-state index contributed by atoms with van der Waals surface area (Å²) in [6.07, 6.45) is 4.10. The molecule has 8 heteroatoms. The van der Waals surface area contributed by atoms with Crippen LogP contribution in [0, 0.1) is 6.92 Å². The predicted molar refractivity (Wildman–Crippen MR) is 121 cm³/mol. The van der Waals surface area contributed by atoms with Crippen LogP contribution in [0.15, 0.2) is 53.5 Å². The molecule has 0 fully saturated rings. The average Bonchev–Trinajstić information content (AvgIpc) is 3.28. The van der Waals surface area contributed by atoms with Crippen LogP contribution >= 0.6 is 11.6 Å². The van der Waals surface area contributed by atoms with Gasteiger partial charge in [0.1, 0.15) is 5.82 Å². The summed E-state index contributed by atoms with van der Waals surface area (Å²) in [4.78, 5) is 4.27. The second kappa shape index (κ2) is 8.69. The number of benzene rings is 1. The highest BCUT2D eigenvalue weighted by molar-refractivity contribution is 6.30. The van der Waals surface area contributed by atoms with E-state index >= 15 is 0 Å². The highest BCUT2D eigenvalue weighted by atomic mass is 35.5. The number of aliphatic hydroxyl groups excluding tert-OH is 1. The second-order valence-electron chi connectivity index (χ2n) is 7.04. The number of hydrogen-bond acceptors (Lipinski definition) is 5. The Morgan fingerprint density at radius 2 is 2.07 bits per heavy atom. The van der Waals surface area contributed by atoms with Crippen molar-refractivity contribution in [3.05, 3.63) is 70.6 Å². The molecule has 1 aromatic carbocycles. The van der Waals surface area contributed by atoms with Crippen LogP contribution in [0.4, 0.5) is 0 Å². The third-order valence-electron chi connectivity index (χ3n) is 4.93. The predicted octanol–water partition coefficient (Wildman–Crippen LogP) is 3.45. The number of aliphatic imine (C=N–C) groups is 1. The smallest absolute Gasteiger partial charge is 0.161 e. The van der Waals surface area contributed by atoms with Crippen LogP contribution in [0.3, 0.4) is 0 Å². The van der Waals surface area contributed by atoms with Crippen molar-refractivity contribution in [1.82, 2.24) is 19.2 Å². The fourth-order valence-corrected chi connectivity index (χ4v) is 3.74. The number of pyridine rings is 1. The molecule has 30 heavy (non-hydrogen) atoms. The van der Waals surface area contributed by atoms with E-state index in [1.54, 1.807) is 12.3 Å². The topological polar surface area (TPSA) is 93.7 Å². The van der Waals surface area contributed by atoms with Gasteiger partial charge in [-0.3, -0.25) is 9.39 Å². The SMILES string of the molecule is Cc1nnc2ccc3c(cc(C(N)=CC=NCCCO)n3Cc3cccc(Cl)c3)n12. The van der Waals surface area contributed by atoms with Crippen molar-refractivity contribution in [2.24, 2.45) is 10.7 Å². The average molecular weight is 423 g/mol. The summed E-state index contributed by atoms with van der Waals surface area (Å²) in [5.41, 5.74) is 11.8. The molecule has 0 saturated heterocycles. The highest BCUT2D eigenvalue weighted by Crippen LogP contribution is 2.26. The summed E-state index contributed by atoms with van der Waals surface area (Å²) in [6, 6.07) is 13.8. The molecule has 0 spiro atoms. The Labute approximate surface area is 179 Å². The van der Waals surface area contributed by atoms with Crippen LogP contribution in [-0.2, 0) is 6.54 Å². The summed E-state index contributed by atoms with van der Waals surface area (Å²) in [5.74, 6) is 0.815. The summed E-state index contributed by atoms with van der Waals surface area (Å²) < 4.78 is 4.18. The molecule has 0 radical (unpaired) electrons. The number of aromatic nitrogens is 4. The van der Waals surface area contributed by atoms with Crippen molar-refractivity contribution < 1.29 is 5.11 Å². The van der Waals surface area contributed by atoms with Crippen molar-refractivity contribution >= 4 is 40.2 Å². The van der Waals surface area contributed by atoms with Crippen LogP contribution < -0.4 is 5.73 Å². The van der Waals surface area contributed by atoms with Crippen LogP contribution in [-0.4, -0.2) is 43.6 Å². The molecule has 0 saturated carbocycles. The summed E-state index contributed by atoms with van der Waals surface area (Å²) in [6.45, 7) is 3.23. The largest absolute Gasteiger partial charge is 0.397 e. The first-order valence-corrected chi connectivity index (χ1v) is 10.1. The van der Waals surface area contributed by atoms with Gasteiger partial charge in [0.05, 0.1) is 22.4 Å². The molecule has 3 heterocycles. The first-order valence-electron chi connectivity index (χ1n) is 9.73. The number of halogens is 1. The van der Waals surface area contributed by atoms with Gasteiger partial charge in [0.25, 0.3) is 0 Å². The third-order valence-corrected chi connectivity index (χ3v) is 5.16. The molecule has 7 nitrogen and oxygen atoms in total. The van der Waals surface area contributed by atoms with E-state index in [2.05, 4.69) is 25.8 Å². The Balaban J connectivity index is 1.84. The first kappa shape index (κ1) is 20.1. The molecule has 154 valence electrons. The molecule has 4 aromatic rings. The molecule has 3 aromatic heterocycles. The molecule has 0 aliphatic heterocycles. The van der Waals surface area contributed by atoms with Crippen molar-refractivity contribution in [1.29, 1.82) is 0 Å². The van der Waals surface area contributed by atoms with Gasteiger partial charge in [0.15, 0.2) is 5.65 Å². The Morgan fingerprint density at radius 1 is 1.20 bits per heavy atom. The molecular formula is C22H23ClN6O. The molecule has 0 aliphatic carbocycles. The second-order valence-corrected chi connectivity index (χ2v) is 7.48. The number of aliphatic hydroxyl groups is 1. The Kier molecular flexibility index (Phi) is 5.83. The molecule has 0 aliphatic rings. The lowest BCUT2D eigenvalue weighted by molar-refractivity contribution is 0.291. The Morgan fingerprint density at radius 3 is 2.87 bits per heavy atom. The zero-order valence-electron chi connectivity index (χ0n) is 16.7. The lowest BCUT2D eigenvalue weighted by atomic mass is 10.2. The molecule has 0 bridgehead atoms. The zero-order chi connectivity index (χ0) is 21.1. The van der Waals surface area contributed by atoms with Crippen LogP contribution in [0.25, 0.3) is 22.4 Å². The Bertz CT molecular complexity index is 1250. The molecule has 4 rings (SSSR count). The lowest BCUT2D eigenvalue weighted by Crippen LogP contribution is -2.08. The van der Waals surface area contributed by atoms with Gasteiger partial charge in [-0.25, -0.2) is 0 Å². The van der Waals surface area contributed by atoms with Crippen LogP contribution in [0.2, 0.25) is 5.02 Å². The number of nitrogens with zero attached hydrogens (tertiary/aromatic N) is 5. The Hall–Kier alpha value is -3.16. The van der Waals surface area contributed by atoms with Crippen molar-refractivity contribution in [2.75, 3.05) is 13.2 Å². The maximum atomic E-state index is 8.88. The molecule has 0 amide bonds. The van der Waals surface area contributed by atoms with Gasteiger partial charge >= 0.3 is 0 Å². The minimum atomic E-state index is 0.124. The highest BCUT2D eigenvalue weighted by Gasteiger charge is 2.15. The quantitative estimate of drug-likeness (QED) is 0.352. The normalized spacial score (nSPS) is 12.6. The minimum Gasteiger partial charge on any atom is -0.397 e. The third kappa shape index (κ3) is 3.94. The monoisotopic (exact) mass is 422 g/mol.